The van der Waals surface area contributed by atoms with Gasteiger partial charge in [-0.25, -0.2) is 9.97 Å². The highest BCUT2D eigenvalue weighted by Gasteiger charge is 2.37. The van der Waals surface area contributed by atoms with E-state index in [-0.39, 0.29) is 5.41 Å². The molecule has 0 atom stereocenters. The molecular formula is C73H50N4. The first kappa shape index (κ1) is 44.6. The van der Waals surface area contributed by atoms with Crippen molar-refractivity contribution in [2.75, 3.05) is 0 Å². The largest absolute Gasteiger partial charge is 0.309 e. The molecule has 0 N–H and O–H groups in total. The Balaban J connectivity index is 0.832. The Morgan fingerprint density at radius 1 is 0.286 bits per heavy atom. The van der Waals surface area contributed by atoms with Crippen molar-refractivity contribution in [3.05, 3.63) is 278 Å². The summed E-state index contributed by atoms with van der Waals surface area (Å²) in [5, 5.41) is 4.95. The van der Waals surface area contributed by atoms with Gasteiger partial charge >= 0.3 is 0 Å². The second kappa shape index (κ2) is 17.6. The van der Waals surface area contributed by atoms with E-state index in [1.165, 1.54) is 93.7 Å². The van der Waals surface area contributed by atoms with Gasteiger partial charge in [0.15, 0.2) is 5.82 Å². The highest BCUT2D eigenvalue weighted by atomic mass is 15.0. The van der Waals surface area contributed by atoms with Crippen LogP contribution in [-0.4, -0.2) is 19.1 Å². The molecule has 14 aromatic rings. The maximum absolute atomic E-state index is 5.19. The van der Waals surface area contributed by atoms with Gasteiger partial charge in [0.25, 0.3) is 0 Å². The van der Waals surface area contributed by atoms with E-state index in [1.54, 1.807) is 0 Å². The molecule has 15 rings (SSSR count). The Labute approximate surface area is 447 Å². The molecule has 0 saturated heterocycles. The van der Waals surface area contributed by atoms with E-state index in [0.717, 1.165) is 45.0 Å². The number of nitrogens with zero attached hydrogens (tertiary/aromatic N) is 4. The van der Waals surface area contributed by atoms with Crippen molar-refractivity contribution in [1.29, 1.82) is 0 Å². The predicted octanol–water partition coefficient (Wildman–Crippen LogP) is 19.0. The van der Waals surface area contributed by atoms with Crippen LogP contribution in [0.1, 0.15) is 25.0 Å². The Morgan fingerprint density at radius 2 is 0.727 bits per heavy atom. The lowest BCUT2D eigenvalue weighted by Gasteiger charge is -2.22. The summed E-state index contributed by atoms with van der Waals surface area (Å²) in [6.07, 6.45) is 0. The maximum atomic E-state index is 5.19. The van der Waals surface area contributed by atoms with Crippen LogP contribution in [0.5, 0.6) is 0 Å². The van der Waals surface area contributed by atoms with E-state index >= 15 is 0 Å². The van der Waals surface area contributed by atoms with Gasteiger partial charge in [0.05, 0.1) is 33.5 Å². The van der Waals surface area contributed by atoms with Crippen LogP contribution in [0, 0.1) is 0 Å². The summed E-state index contributed by atoms with van der Waals surface area (Å²) in [5.41, 5.74) is 24.1. The molecule has 77 heavy (non-hydrogen) atoms. The topological polar surface area (TPSA) is 35.6 Å². The number of hydrogen-bond acceptors (Lipinski definition) is 2. The number of para-hydroxylation sites is 3. The average Bonchev–Trinajstić information content (AvgIpc) is 4.32. The quantitative estimate of drug-likeness (QED) is 0.152. The molecule has 362 valence electrons. The van der Waals surface area contributed by atoms with E-state index in [2.05, 4.69) is 278 Å². The molecule has 0 bridgehead atoms. The first-order chi connectivity index (χ1) is 37.9. The normalized spacial score (nSPS) is 12.6. The zero-order chi connectivity index (χ0) is 51.2. The van der Waals surface area contributed by atoms with Crippen LogP contribution >= 0.6 is 0 Å². The fourth-order valence-corrected chi connectivity index (χ4v) is 12.4. The minimum absolute atomic E-state index is 0.233. The van der Waals surface area contributed by atoms with Crippen LogP contribution in [0.25, 0.3) is 133 Å². The lowest BCUT2D eigenvalue weighted by atomic mass is 9.81. The summed E-state index contributed by atoms with van der Waals surface area (Å²) < 4.78 is 4.80. The average molecular weight is 983 g/mol. The summed E-state index contributed by atoms with van der Waals surface area (Å²) in [5.74, 6) is 0.704. The van der Waals surface area contributed by atoms with Crippen LogP contribution in [0.15, 0.2) is 267 Å². The molecule has 3 aromatic heterocycles. The molecule has 0 aliphatic heterocycles. The van der Waals surface area contributed by atoms with E-state index in [9.17, 15) is 0 Å². The van der Waals surface area contributed by atoms with Gasteiger partial charge in [-0.05, 0) is 141 Å². The van der Waals surface area contributed by atoms with Crippen LogP contribution in [0.4, 0.5) is 0 Å². The SMILES string of the molecule is CC1(C)c2cc(-c3ccc4c(c3)c3cc(-c5ccc6c(c5)c5ccccc5n6-c5ccccc5)ccc3n4-c3ccccc3)ccc2-c2c(-c3cccc(-c4nc(-c5ccccc5)cc(-c5ccccc5)n4)c3)cccc21. The number of fused-ring (bicyclic) bond motifs is 9. The zero-order valence-electron chi connectivity index (χ0n) is 42.7. The van der Waals surface area contributed by atoms with Crippen LogP contribution in [-0.2, 0) is 5.41 Å². The summed E-state index contributed by atoms with van der Waals surface area (Å²) in [7, 11) is 0. The second-order valence-corrected chi connectivity index (χ2v) is 20.9. The third-order valence-corrected chi connectivity index (χ3v) is 16.1. The standard InChI is InChI=1S/C73H50N4/c1-73(2)63-31-18-30-57(53-23-17-24-54(41-53)72-74-65(47-19-7-3-8-20-47)46-66(75-72)48-21-9-4-10-22-48)71(63)59-37-33-52(45-64(59)73)51-36-40-70-62(44-51)61-43-50(35-39-69(61)77(70)56-27-13-6-14-28-56)49-34-38-68-60(42-49)58-29-15-16-32-67(58)76(68)55-25-11-5-12-26-55/h3-46H,1-2H3. The van der Waals surface area contributed by atoms with E-state index in [4.69, 9.17) is 9.97 Å². The van der Waals surface area contributed by atoms with Gasteiger partial charge in [-0.2, -0.15) is 0 Å². The molecule has 1 aliphatic carbocycles. The molecular weight excluding hydrogens is 933 g/mol. The molecule has 1 aliphatic rings. The van der Waals surface area contributed by atoms with Gasteiger partial charge in [-0.1, -0.05) is 196 Å². The van der Waals surface area contributed by atoms with E-state index in [1.807, 2.05) is 12.1 Å². The van der Waals surface area contributed by atoms with Crippen molar-refractivity contribution in [2.24, 2.45) is 0 Å². The molecule has 3 heterocycles. The molecule has 0 radical (unpaired) electrons. The minimum atomic E-state index is -0.233. The molecule has 11 aromatic carbocycles. The zero-order valence-corrected chi connectivity index (χ0v) is 42.7. The van der Waals surface area contributed by atoms with Crippen molar-refractivity contribution in [3.63, 3.8) is 0 Å². The molecule has 4 heteroatoms. The number of hydrogen-bond donors (Lipinski definition) is 0. The first-order valence-corrected chi connectivity index (χ1v) is 26.6. The highest BCUT2D eigenvalue weighted by Crippen LogP contribution is 2.53. The molecule has 0 saturated carbocycles. The predicted molar refractivity (Wildman–Crippen MR) is 321 cm³/mol. The van der Waals surface area contributed by atoms with E-state index in [0.29, 0.717) is 5.82 Å². The van der Waals surface area contributed by atoms with E-state index < -0.39 is 0 Å². The first-order valence-electron chi connectivity index (χ1n) is 26.6. The van der Waals surface area contributed by atoms with Crippen LogP contribution < -0.4 is 0 Å². The lowest BCUT2D eigenvalue weighted by Crippen LogP contribution is -2.15. The Kier molecular flexibility index (Phi) is 10.2. The van der Waals surface area contributed by atoms with Crippen molar-refractivity contribution in [2.45, 2.75) is 19.3 Å². The Bertz CT molecular complexity index is 4570. The van der Waals surface area contributed by atoms with Crippen LogP contribution in [0.2, 0.25) is 0 Å². The summed E-state index contributed by atoms with van der Waals surface area (Å²) in [6, 6.07) is 96.9. The monoisotopic (exact) mass is 982 g/mol. The Morgan fingerprint density at radius 3 is 1.30 bits per heavy atom. The second-order valence-electron chi connectivity index (χ2n) is 20.9. The van der Waals surface area contributed by atoms with Gasteiger partial charge < -0.3 is 9.13 Å². The van der Waals surface area contributed by atoms with Crippen molar-refractivity contribution >= 4 is 43.6 Å². The number of rotatable bonds is 8. The van der Waals surface area contributed by atoms with Crippen molar-refractivity contribution in [1.82, 2.24) is 19.1 Å². The molecule has 0 spiro atoms. The van der Waals surface area contributed by atoms with Gasteiger partial charge in [0.2, 0.25) is 0 Å². The fourth-order valence-electron chi connectivity index (χ4n) is 12.4. The van der Waals surface area contributed by atoms with Crippen LogP contribution in [0.3, 0.4) is 0 Å². The number of benzene rings is 11. The maximum Gasteiger partial charge on any atom is 0.160 e. The number of aromatic nitrogens is 4. The summed E-state index contributed by atoms with van der Waals surface area (Å²) in [6.45, 7) is 4.76. The van der Waals surface area contributed by atoms with Gasteiger partial charge in [0, 0.05) is 55.0 Å². The van der Waals surface area contributed by atoms with Crippen molar-refractivity contribution < 1.29 is 0 Å². The molecule has 0 unspecified atom stereocenters. The molecule has 4 nitrogen and oxygen atoms in total. The lowest BCUT2D eigenvalue weighted by molar-refractivity contribution is 0.660. The minimum Gasteiger partial charge on any atom is -0.309 e. The van der Waals surface area contributed by atoms with Gasteiger partial charge in [-0.15, -0.1) is 0 Å². The smallest absolute Gasteiger partial charge is 0.160 e. The van der Waals surface area contributed by atoms with Gasteiger partial charge in [0.1, 0.15) is 0 Å². The van der Waals surface area contributed by atoms with Crippen molar-refractivity contribution in [3.8, 4) is 89.8 Å². The molecule has 0 amide bonds. The fraction of sp³-hybridized carbons (Fsp3) is 0.0411. The summed E-state index contributed by atoms with van der Waals surface area (Å²) in [4.78, 5) is 10.4. The highest BCUT2D eigenvalue weighted by molar-refractivity contribution is 6.13. The third-order valence-electron chi connectivity index (χ3n) is 16.1. The third kappa shape index (κ3) is 7.28. The van der Waals surface area contributed by atoms with Gasteiger partial charge in [-0.3, -0.25) is 0 Å². The summed E-state index contributed by atoms with van der Waals surface area (Å²) >= 11 is 0. The Hall–Kier alpha value is -9.90. The molecule has 0 fully saturated rings.